The van der Waals surface area contributed by atoms with Crippen LogP contribution >= 0.6 is 0 Å². The van der Waals surface area contributed by atoms with E-state index in [-0.39, 0.29) is 17.8 Å². The van der Waals surface area contributed by atoms with Gasteiger partial charge in [-0.15, -0.1) is 0 Å². The molecular weight excluding hydrogens is 210 g/mol. The third kappa shape index (κ3) is 1.59. The maximum Gasteiger partial charge on any atom is 0.329 e. The summed E-state index contributed by atoms with van der Waals surface area (Å²) in [5.41, 5.74) is -0.485. The van der Waals surface area contributed by atoms with Gasteiger partial charge in [-0.2, -0.15) is 0 Å². The van der Waals surface area contributed by atoms with Crippen LogP contribution in [0.1, 0.15) is 0 Å². The highest BCUT2D eigenvalue weighted by molar-refractivity contribution is 5.78. The summed E-state index contributed by atoms with van der Waals surface area (Å²) in [7, 11) is 1.64. The molecule has 6 nitrogen and oxygen atoms in total. The first-order valence-corrected chi connectivity index (χ1v) is 4.74. The lowest BCUT2D eigenvalue weighted by Crippen LogP contribution is -2.38. The van der Waals surface area contributed by atoms with E-state index in [9.17, 15) is 14.7 Å². The van der Waals surface area contributed by atoms with Gasteiger partial charge in [0.1, 0.15) is 5.75 Å². The molecule has 0 saturated heterocycles. The number of fused-ring (bicyclic) bond motifs is 1. The van der Waals surface area contributed by atoms with Crippen LogP contribution in [0, 0.1) is 0 Å². The first-order valence-electron chi connectivity index (χ1n) is 4.74. The number of rotatable bonds is 2. The molecule has 0 radical (unpaired) electrons. The van der Waals surface area contributed by atoms with Gasteiger partial charge in [0.2, 0.25) is 0 Å². The predicted octanol–water partition coefficient (Wildman–Crippen LogP) is -0.428. The molecular formula is C10H11N3O3. The molecule has 0 aliphatic rings. The number of benzene rings is 1. The summed E-state index contributed by atoms with van der Waals surface area (Å²) in [6, 6.07) is 4.25. The average molecular weight is 221 g/mol. The Morgan fingerprint density at radius 3 is 2.88 bits per heavy atom. The summed E-state index contributed by atoms with van der Waals surface area (Å²) >= 11 is 0. The zero-order valence-electron chi connectivity index (χ0n) is 8.65. The van der Waals surface area contributed by atoms with Crippen LogP contribution in [0.5, 0.6) is 5.75 Å². The zero-order chi connectivity index (χ0) is 11.7. The van der Waals surface area contributed by atoms with Gasteiger partial charge in [0, 0.05) is 0 Å². The quantitative estimate of drug-likeness (QED) is 0.642. The summed E-state index contributed by atoms with van der Waals surface area (Å²) in [4.78, 5) is 26.0. The van der Waals surface area contributed by atoms with Crippen LogP contribution in [0.2, 0.25) is 0 Å². The van der Waals surface area contributed by atoms with Gasteiger partial charge in [0.25, 0.3) is 5.56 Å². The second kappa shape index (κ2) is 3.82. The van der Waals surface area contributed by atoms with Crippen molar-refractivity contribution < 1.29 is 5.11 Å². The maximum absolute atomic E-state index is 11.9. The largest absolute Gasteiger partial charge is 0.508 e. The molecule has 1 aromatic carbocycles. The van der Waals surface area contributed by atoms with E-state index in [0.29, 0.717) is 5.52 Å². The van der Waals surface area contributed by atoms with Gasteiger partial charge in [0.15, 0.2) is 0 Å². The Kier molecular flexibility index (Phi) is 2.49. The van der Waals surface area contributed by atoms with Crippen molar-refractivity contribution in [1.82, 2.24) is 14.9 Å². The molecule has 3 N–H and O–H groups in total. The molecule has 0 bridgehead atoms. The molecule has 0 amide bonds. The molecule has 0 spiro atoms. The van der Waals surface area contributed by atoms with Gasteiger partial charge in [-0.1, -0.05) is 0 Å². The minimum atomic E-state index is -0.475. The van der Waals surface area contributed by atoms with Crippen molar-refractivity contribution in [3.05, 3.63) is 39.0 Å². The first kappa shape index (κ1) is 10.4. The average Bonchev–Trinajstić information content (AvgIpc) is 2.26. The van der Waals surface area contributed by atoms with Gasteiger partial charge in [-0.25, -0.2) is 9.36 Å². The Labute approximate surface area is 90.2 Å². The van der Waals surface area contributed by atoms with Crippen LogP contribution in [0.4, 0.5) is 0 Å². The molecule has 1 aromatic heterocycles. The number of hydrogen-bond donors (Lipinski definition) is 3. The second-order valence-corrected chi connectivity index (χ2v) is 3.40. The SMILES string of the molecule is CNCn1c(=O)[nH]c2ccc(O)cc2c1=O. The van der Waals surface area contributed by atoms with Crippen LogP contribution in [-0.4, -0.2) is 21.7 Å². The molecule has 0 unspecified atom stereocenters. The highest BCUT2D eigenvalue weighted by Gasteiger charge is 2.06. The smallest absolute Gasteiger partial charge is 0.329 e. The monoisotopic (exact) mass is 221 g/mol. The zero-order valence-corrected chi connectivity index (χ0v) is 8.65. The van der Waals surface area contributed by atoms with Crippen molar-refractivity contribution in [2.45, 2.75) is 6.67 Å². The Hall–Kier alpha value is -2.08. The van der Waals surface area contributed by atoms with E-state index in [1.54, 1.807) is 7.05 Å². The lowest BCUT2D eigenvalue weighted by Gasteiger charge is -2.05. The maximum atomic E-state index is 11.9. The van der Waals surface area contributed by atoms with Crippen molar-refractivity contribution in [3.8, 4) is 5.75 Å². The highest BCUT2D eigenvalue weighted by atomic mass is 16.3. The first-order chi connectivity index (χ1) is 7.63. The van der Waals surface area contributed by atoms with E-state index in [2.05, 4.69) is 10.3 Å². The van der Waals surface area contributed by atoms with Crippen molar-refractivity contribution in [1.29, 1.82) is 0 Å². The number of nitrogens with one attached hydrogen (secondary N) is 2. The molecule has 0 aliphatic carbocycles. The topological polar surface area (TPSA) is 87.1 Å². The summed E-state index contributed by atoms with van der Waals surface area (Å²) in [5, 5.41) is 12.3. The van der Waals surface area contributed by atoms with Crippen LogP contribution in [-0.2, 0) is 6.67 Å². The molecule has 2 rings (SSSR count). The van der Waals surface area contributed by atoms with Gasteiger partial charge < -0.3 is 15.4 Å². The Morgan fingerprint density at radius 2 is 2.19 bits per heavy atom. The molecule has 6 heteroatoms. The van der Waals surface area contributed by atoms with E-state index >= 15 is 0 Å². The van der Waals surface area contributed by atoms with Gasteiger partial charge in [-0.05, 0) is 25.2 Å². The van der Waals surface area contributed by atoms with E-state index in [1.807, 2.05) is 0 Å². The Balaban J connectivity index is 2.85. The number of H-pyrrole nitrogens is 1. The molecule has 0 fully saturated rings. The van der Waals surface area contributed by atoms with Crippen molar-refractivity contribution in [3.63, 3.8) is 0 Å². The molecule has 16 heavy (non-hydrogen) atoms. The summed E-state index contributed by atoms with van der Waals surface area (Å²) in [5.74, 6) is -0.00680. The lowest BCUT2D eigenvalue weighted by molar-refractivity contribution is 0.476. The van der Waals surface area contributed by atoms with Crippen molar-refractivity contribution in [2.24, 2.45) is 0 Å². The Bertz CT molecular complexity index is 642. The summed E-state index contributed by atoms with van der Waals surface area (Å²) < 4.78 is 1.03. The summed E-state index contributed by atoms with van der Waals surface area (Å²) in [6.07, 6.45) is 0. The van der Waals surface area contributed by atoms with Crippen LogP contribution in [0.25, 0.3) is 10.9 Å². The van der Waals surface area contributed by atoms with E-state index in [4.69, 9.17) is 0 Å². The van der Waals surface area contributed by atoms with E-state index in [0.717, 1.165) is 4.57 Å². The predicted molar refractivity (Wildman–Crippen MR) is 59.6 cm³/mol. The van der Waals surface area contributed by atoms with Crippen LogP contribution in [0.3, 0.4) is 0 Å². The fraction of sp³-hybridized carbons (Fsp3) is 0.200. The number of hydrogen-bond acceptors (Lipinski definition) is 4. The molecule has 2 aromatic rings. The molecule has 0 atom stereocenters. The Morgan fingerprint density at radius 1 is 1.44 bits per heavy atom. The number of phenolic OH excluding ortho intramolecular Hbond substituents is 1. The number of aromatic hydroxyl groups is 1. The number of aromatic amines is 1. The minimum absolute atomic E-state index is 0.00680. The fourth-order valence-electron chi connectivity index (χ4n) is 1.54. The standard InChI is InChI=1S/C10H11N3O3/c1-11-5-13-9(15)7-4-6(14)2-3-8(7)12-10(13)16/h2-4,11,14H,5H2,1H3,(H,12,16). The number of aromatic nitrogens is 2. The number of nitrogens with zero attached hydrogens (tertiary/aromatic N) is 1. The highest BCUT2D eigenvalue weighted by Crippen LogP contribution is 2.13. The summed E-state index contributed by atoms with van der Waals surface area (Å²) in [6.45, 7) is 0.125. The van der Waals surface area contributed by atoms with Gasteiger partial charge >= 0.3 is 5.69 Å². The molecule has 0 saturated carbocycles. The van der Waals surface area contributed by atoms with Crippen molar-refractivity contribution in [2.75, 3.05) is 7.05 Å². The van der Waals surface area contributed by atoms with Crippen LogP contribution < -0.4 is 16.6 Å². The third-order valence-electron chi connectivity index (χ3n) is 2.28. The third-order valence-corrected chi connectivity index (χ3v) is 2.28. The van der Waals surface area contributed by atoms with Gasteiger partial charge in [-0.3, -0.25) is 4.79 Å². The fourth-order valence-corrected chi connectivity index (χ4v) is 1.54. The molecule has 1 heterocycles. The minimum Gasteiger partial charge on any atom is -0.508 e. The second-order valence-electron chi connectivity index (χ2n) is 3.40. The molecule has 84 valence electrons. The van der Waals surface area contributed by atoms with Crippen LogP contribution in [0.15, 0.2) is 27.8 Å². The van der Waals surface area contributed by atoms with E-state index in [1.165, 1.54) is 18.2 Å². The van der Waals surface area contributed by atoms with Gasteiger partial charge in [0.05, 0.1) is 17.6 Å². The lowest BCUT2D eigenvalue weighted by atomic mass is 10.2. The van der Waals surface area contributed by atoms with E-state index < -0.39 is 11.2 Å². The van der Waals surface area contributed by atoms with Crippen molar-refractivity contribution >= 4 is 10.9 Å². The number of phenols is 1. The normalized spacial score (nSPS) is 10.8. The molecule has 0 aliphatic heterocycles.